The van der Waals surface area contributed by atoms with E-state index in [4.69, 9.17) is 4.43 Å². The van der Waals surface area contributed by atoms with E-state index in [0.717, 1.165) is 28.0 Å². The van der Waals surface area contributed by atoms with Gasteiger partial charge in [-0.1, -0.05) is 32.9 Å². The molecule has 29 heavy (non-hydrogen) atoms. The van der Waals surface area contributed by atoms with E-state index >= 15 is 0 Å². The van der Waals surface area contributed by atoms with Crippen molar-refractivity contribution in [3.05, 3.63) is 39.9 Å². The van der Waals surface area contributed by atoms with Crippen molar-refractivity contribution in [3.8, 4) is 5.75 Å². The van der Waals surface area contributed by atoms with Gasteiger partial charge in [0, 0.05) is 5.39 Å². The number of fused-ring (bicyclic) bond motifs is 1. The summed E-state index contributed by atoms with van der Waals surface area (Å²) in [5.41, 5.74) is 3.78. The molecule has 2 aromatic carbocycles. The molecule has 1 radical (unpaired) electrons. The molecule has 4 aliphatic carbocycles. The zero-order chi connectivity index (χ0) is 20.6. The van der Waals surface area contributed by atoms with Crippen LogP contribution in [0.3, 0.4) is 0 Å². The second-order valence-corrected chi connectivity index (χ2v) is 14.3. The van der Waals surface area contributed by atoms with Gasteiger partial charge in [0.1, 0.15) is 5.75 Å². The third-order valence-corrected chi connectivity index (χ3v) is 9.02. The Kier molecular flexibility index (Phi) is 4.75. The molecule has 4 aliphatic rings. The van der Waals surface area contributed by atoms with Gasteiger partial charge in [-0.05, 0) is 125 Å². The molecule has 0 aliphatic heterocycles. The maximum Gasteiger partial charge on any atom is 0.274 e. The van der Waals surface area contributed by atoms with Crippen LogP contribution in [0.1, 0.15) is 70.4 Å². The highest BCUT2D eigenvalue weighted by molar-refractivity contribution is 9.10. The molecule has 0 unspecified atom stereocenters. The lowest BCUT2D eigenvalue weighted by Crippen LogP contribution is -2.49. The van der Waals surface area contributed by atoms with Gasteiger partial charge < -0.3 is 4.43 Å². The van der Waals surface area contributed by atoms with Crippen LogP contribution in [0.25, 0.3) is 10.8 Å². The van der Waals surface area contributed by atoms with Crippen molar-refractivity contribution in [1.29, 1.82) is 0 Å². The van der Waals surface area contributed by atoms with Crippen molar-refractivity contribution in [2.24, 2.45) is 17.8 Å². The first kappa shape index (κ1) is 20.1. The number of halogens is 1. The van der Waals surface area contributed by atoms with Gasteiger partial charge in [0.25, 0.3) is 9.04 Å². The van der Waals surface area contributed by atoms with Gasteiger partial charge in [-0.2, -0.15) is 0 Å². The highest BCUT2D eigenvalue weighted by atomic mass is 79.9. The molecule has 4 fully saturated rings. The van der Waals surface area contributed by atoms with E-state index in [1.165, 1.54) is 49.3 Å². The monoisotopic (exact) mass is 469 g/mol. The average molecular weight is 471 g/mol. The summed E-state index contributed by atoms with van der Waals surface area (Å²) in [4.78, 5) is 0. The molecule has 4 bridgehead atoms. The van der Waals surface area contributed by atoms with E-state index in [1.54, 1.807) is 11.1 Å². The van der Waals surface area contributed by atoms with E-state index in [0.29, 0.717) is 5.41 Å². The summed E-state index contributed by atoms with van der Waals surface area (Å²) in [5, 5.41) is 2.63. The lowest BCUT2D eigenvalue weighted by Gasteiger charge is -2.58. The van der Waals surface area contributed by atoms with Crippen molar-refractivity contribution in [2.75, 3.05) is 0 Å². The maximum absolute atomic E-state index is 6.41. The number of hydrogen-bond acceptors (Lipinski definition) is 1. The second kappa shape index (κ2) is 6.85. The Morgan fingerprint density at radius 2 is 1.55 bits per heavy atom. The summed E-state index contributed by atoms with van der Waals surface area (Å²) >= 11 is 3.78. The van der Waals surface area contributed by atoms with Gasteiger partial charge in [0.05, 0.1) is 4.47 Å². The number of hydrogen-bond donors (Lipinski definition) is 0. The third kappa shape index (κ3) is 3.41. The summed E-state index contributed by atoms with van der Waals surface area (Å²) in [6, 6.07) is 9.50. The van der Waals surface area contributed by atoms with E-state index in [-0.39, 0.29) is 5.41 Å². The van der Waals surface area contributed by atoms with Crippen LogP contribution < -0.4 is 4.43 Å². The first-order valence-corrected chi connectivity index (χ1v) is 14.6. The quantitative estimate of drug-likeness (QED) is 0.413. The molecule has 0 N–H and O–H groups in total. The van der Waals surface area contributed by atoms with Gasteiger partial charge in [-0.25, -0.2) is 0 Å². The predicted molar refractivity (Wildman–Crippen MR) is 128 cm³/mol. The minimum atomic E-state index is -0.824. The standard InChI is InChI=1S/C26H34BrOSi/c1-25(2,3)21-11-19-6-7-23(27)24(28-29(4)5)20(19)12-22(21)26-13-16-8-17(14-26)10-18(9-16)15-26/h6-7,11-12,16-18H,8-10,13-15H2,1-5H3. The van der Waals surface area contributed by atoms with Gasteiger partial charge in [-0.3, -0.25) is 0 Å². The second-order valence-electron chi connectivity index (χ2n) is 11.5. The molecule has 155 valence electrons. The largest absolute Gasteiger partial charge is 0.541 e. The first-order chi connectivity index (χ1) is 13.6. The topological polar surface area (TPSA) is 9.23 Å². The van der Waals surface area contributed by atoms with Crippen molar-refractivity contribution in [3.63, 3.8) is 0 Å². The number of rotatable bonds is 3. The van der Waals surface area contributed by atoms with Gasteiger partial charge in [-0.15, -0.1) is 0 Å². The van der Waals surface area contributed by atoms with Crippen LogP contribution in [0.15, 0.2) is 28.7 Å². The Labute approximate surface area is 186 Å². The van der Waals surface area contributed by atoms with Crippen LogP contribution in [0.4, 0.5) is 0 Å². The summed E-state index contributed by atoms with van der Waals surface area (Å²) in [6.45, 7) is 11.6. The van der Waals surface area contributed by atoms with E-state index in [1.807, 2.05) is 0 Å². The van der Waals surface area contributed by atoms with Gasteiger partial charge in [0.15, 0.2) is 0 Å². The summed E-state index contributed by atoms with van der Waals surface area (Å²) in [7, 11) is -0.824. The van der Waals surface area contributed by atoms with Crippen LogP contribution in [0, 0.1) is 17.8 Å². The summed E-state index contributed by atoms with van der Waals surface area (Å²) in [6.07, 6.45) is 8.72. The van der Waals surface area contributed by atoms with Crippen LogP contribution in [0.5, 0.6) is 5.75 Å². The molecule has 0 heterocycles. The van der Waals surface area contributed by atoms with Crippen LogP contribution in [-0.4, -0.2) is 9.04 Å². The molecule has 0 spiro atoms. The normalized spacial score (nSPS) is 31.1. The van der Waals surface area contributed by atoms with Crippen LogP contribution in [-0.2, 0) is 10.8 Å². The van der Waals surface area contributed by atoms with Crippen molar-refractivity contribution >= 4 is 35.7 Å². The van der Waals surface area contributed by atoms with Crippen molar-refractivity contribution < 1.29 is 4.43 Å². The molecule has 4 saturated carbocycles. The predicted octanol–water partition coefficient (Wildman–Crippen LogP) is 8.00. The molecule has 0 aromatic heterocycles. The maximum atomic E-state index is 6.41. The molecule has 0 atom stereocenters. The Hall–Kier alpha value is -0.803. The highest BCUT2D eigenvalue weighted by Crippen LogP contribution is 2.62. The smallest absolute Gasteiger partial charge is 0.274 e. The van der Waals surface area contributed by atoms with Gasteiger partial charge in [0.2, 0.25) is 0 Å². The fourth-order valence-electron chi connectivity index (χ4n) is 7.13. The highest BCUT2D eigenvalue weighted by Gasteiger charge is 2.52. The van der Waals surface area contributed by atoms with Crippen molar-refractivity contribution in [2.45, 2.75) is 83.2 Å². The number of benzene rings is 2. The minimum Gasteiger partial charge on any atom is -0.541 e. The lowest BCUT2D eigenvalue weighted by atomic mass is 9.47. The summed E-state index contributed by atoms with van der Waals surface area (Å²) < 4.78 is 7.51. The molecule has 2 aromatic rings. The minimum absolute atomic E-state index is 0.158. The first-order valence-electron chi connectivity index (χ1n) is 11.4. The summed E-state index contributed by atoms with van der Waals surface area (Å²) in [5.74, 6) is 3.95. The fraction of sp³-hybridized carbons (Fsp3) is 0.615. The molecule has 3 heteroatoms. The Morgan fingerprint density at radius 1 is 0.966 bits per heavy atom. The molecule has 1 nitrogen and oxygen atoms in total. The molecular weight excluding hydrogens is 436 g/mol. The Balaban J connectivity index is 1.75. The SMILES string of the molecule is C[Si](C)Oc1c(Br)ccc2cc(C(C)(C)C)c(C34CC5CC(CC(C5)C3)C4)cc12. The van der Waals surface area contributed by atoms with Gasteiger partial charge >= 0.3 is 0 Å². The zero-order valence-corrected chi connectivity index (χ0v) is 21.2. The van der Waals surface area contributed by atoms with E-state index in [9.17, 15) is 0 Å². The lowest BCUT2D eigenvalue weighted by molar-refractivity contribution is -0.00586. The van der Waals surface area contributed by atoms with E-state index in [2.05, 4.69) is 74.1 Å². The van der Waals surface area contributed by atoms with Crippen molar-refractivity contribution in [1.82, 2.24) is 0 Å². The molecule has 0 amide bonds. The Morgan fingerprint density at radius 3 is 2.07 bits per heavy atom. The van der Waals surface area contributed by atoms with Crippen LogP contribution >= 0.6 is 15.9 Å². The third-order valence-electron chi connectivity index (χ3n) is 7.78. The molecule has 6 rings (SSSR count). The Bertz CT molecular complexity index is 920. The average Bonchev–Trinajstić information content (AvgIpc) is 2.61. The molecular formula is C26H34BrOSi. The van der Waals surface area contributed by atoms with E-state index < -0.39 is 9.04 Å². The fourth-order valence-corrected chi connectivity index (χ4v) is 8.33. The zero-order valence-electron chi connectivity index (χ0n) is 18.6. The van der Waals surface area contributed by atoms with Crippen LogP contribution in [0.2, 0.25) is 13.1 Å². The molecule has 0 saturated heterocycles.